The second kappa shape index (κ2) is 4.52. The van der Waals surface area contributed by atoms with Crippen LogP contribution in [-0.2, 0) is 26.6 Å². The number of fused-ring (bicyclic) bond motifs is 2. The predicted molar refractivity (Wildman–Crippen MR) is 73.4 cm³/mol. The molecule has 19 heavy (non-hydrogen) atoms. The van der Waals surface area contributed by atoms with E-state index < -0.39 is 20.2 Å². The summed E-state index contributed by atoms with van der Waals surface area (Å²) in [4.78, 5) is 1.31. The lowest BCUT2D eigenvalue weighted by Crippen LogP contribution is -2.16. The first-order valence-corrected chi connectivity index (χ1v) is 9.00. The average molecular weight is 313 g/mol. The van der Waals surface area contributed by atoms with Crippen molar-refractivity contribution < 1.29 is 13.0 Å². The van der Waals surface area contributed by atoms with Crippen LogP contribution in [0.2, 0.25) is 0 Å². The lowest BCUT2D eigenvalue weighted by atomic mass is 10.0. The Morgan fingerprint density at radius 1 is 1.05 bits per heavy atom. The second-order valence-electron chi connectivity index (χ2n) is 4.22. The fourth-order valence-electron chi connectivity index (χ4n) is 2.26. The van der Waals surface area contributed by atoms with E-state index in [4.69, 9.17) is 10.7 Å². The summed E-state index contributed by atoms with van der Waals surface area (Å²) in [6.07, 6.45) is 0.430. The predicted octanol–water partition coefficient (Wildman–Crippen LogP) is 2.69. The summed E-state index contributed by atoms with van der Waals surface area (Å²) in [5, 5.41) is 0. The van der Waals surface area contributed by atoms with E-state index >= 15 is 0 Å². The molecule has 0 fully saturated rings. The van der Waals surface area contributed by atoms with Crippen LogP contribution in [0.25, 0.3) is 0 Å². The summed E-state index contributed by atoms with van der Waals surface area (Å²) in [5.41, 5.74) is 1.41. The zero-order valence-corrected chi connectivity index (χ0v) is 12.1. The molecule has 1 aliphatic rings. The van der Waals surface area contributed by atoms with Crippen molar-refractivity contribution in [2.24, 2.45) is 0 Å². The van der Waals surface area contributed by atoms with Gasteiger partial charge in [0.25, 0.3) is 9.05 Å². The Kier molecular flexibility index (Phi) is 3.09. The van der Waals surface area contributed by atoms with Crippen molar-refractivity contribution in [3.63, 3.8) is 0 Å². The monoisotopic (exact) mass is 312 g/mol. The third-order valence-electron chi connectivity index (χ3n) is 3.09. The number of hydrogen-bond acceptors (Lipinski definition) is 3. The lowest BCUT2D eigenvalue weighted by molar-refractivity contribution is 0.589. The van der Waals surface area contributed by atoms with Gasteiger partial charge < -0.3 is 4.55 Å². The van der Waals surface area contributed by atoms with Gasteiger partial charge in [0.2, 0.25) is 0 Å². The third kappa shape index (κ3) is 2.17. The van der Waals surface area contributed by atoms with Gasteiger partial charge in [0.1, 0.15) is 0 Å². The van der Waals surface area contributed by atoms with E-state index in [-0.39, 0.29) is 4.90 Å². The molecular weight excluding hydrogens is 304 g/mol. The third-order valence-corrected chi connectivity index (χ3v) is 6.08. The van der Waals surface area contributed by atoms with Gasteiger partial charge in [0.15, 0.2) is 9.79 Å². The molecule has 0 bridgehead atoms. The highest BCUT2D eigenvalue weighted by Gasteiger charge is 2.32. The van der Waals surface area contributed by atoms with Crippen LogP contribution in [0.5, 0.6) is 0 Å². The first-order valence-electron chi connectivity index (χ1n) is 5.55. The van der Waals surface area contributed by atoms with Crippen LogP contribution >= 0.6 is 10.7 Å². The van der Waals surface area contributed by atoms with Crippen LogP contribution in [0.15, 0.2) is 57.2 Å². The molecule has 0 saturated heterocycles. The molecule has 2 aromatic rings. The van der Waals surface area contributed by atoms with E-state index in [9.17, 15) is 13.0 Å². The highest BCUT2D eigenvalue weighted by Crippen LogP contribution is 2.37. The van der Waals surface area contributed by atoms with Gasteiger partial charge in [-0.1, -0.05) is 24.3 Å². The van der Waals surface area contributed by atoms with Gasteiger partial charge in [-0.2, -0.15) is 0 Å². The summed E-state index contributed by atoms with van der Waals surface area (Å²) in [5.74, 6) is 0. The molecule has 0 radical (unpaired) electrons. The molecule has 3 rings (SSSR count). The van der Waals surface area contributed by atoms with E-state index in [0.29, 0.717) is 16.9 Å². The van der Waals surface area contributed by atoms with Crippen molar-refractivity contribution >= 4 is 30.9 Å². The van der Waals surface area contributed by atoms with Crippen LogP contribution in [0, 0.1) is 0 Å². The molecule has 2 aromatic carbocycles. The van der Waals surface area contributed by atoms with E-state index in [2.05, 4.69) is 0 Å². The molecular formula is C13H9ClO3S2. The Bertz CT molecular complexity index is 756. The highest BCUT2D eigenvalue weighted by atomic mass is 35.7. The van der Waals surface area contributed by atoms with Gasteiger partial charge >= 0.3 is 0 Å². The van der Waals surface area contributed by atoms with Crippen LogP contribution in [0.4, 0.5) is 0 Å². The van der Waals surface area contributed by atoms with Crippen molar-refractivity contribution in [1.29, 1.82) is 0 Å². The molecule has 1 unspecified atom stereocenters. The summed E-state index contributed by atoms with van der Waals surface area (Å²) in [6.45, 7) is 0. The first kappa shape index (κ1) is 13.0. The van der Waals surface area contributed by atoms with Gasteiger partial charge in [-0.15, -0.1) is 0 Å². The molecule has 1 aliphatic heterocycles. The fraction of sp³-hybridized carbons (Fsp3) is 0.0769. The van der Waals surface area contributed by atoms with Crippen LogP contribution in [-0.4, -0.2) is 13.0 Å². The fourth-order valence-corrected chi connectivity index (χ4v) is 4.90. The summed E-state index contributed by atoms with van der Waals surface area (Å²) >= 11 is -1.36. The molecule has 1 heterocycles. The maximum absolute atomic E-state index is 12.5. The van der Waals surface area contributed by atoms with E-state index in [0.717, 1.165) is 10.5 Å². The zero-order valence-electron chi connectivity index (χ0n) is 9.67. The quantitative estimate of drug-likeness (QED) is 0.601. The molecule has 0 amide bonds. The van der Waals surface area contributed by atoms with Gasteiger partial charge in [0, 0.05) is 39.4 Å². The minimum absolute atomic E-state index is 0.0505. The number of benzene rings is 2. The van der Waals surface area contributed by atoms with Gasteiger partial charge in [-0.05, 0) is 18.2 Å². The molecule has 98 valence electrons. The Morgan fingerprint density at radius 3 is 2.47 bits per heavy atom. The van der Waals surface area contributed by atoms with Gasteiger partial charge in [0.05, 0.1) is 4.90 Å². The molecule has 1 atom stereocenters. The lowest BCUT2D eigenvalue weighted by Gasteiger charge is -2.22. The van der Waals surface area contributed by atoms with Crippen molar-refractivity contribution in [2.75, 3.05) is 0 Å². The Morgan fingerprint density at radius 2 is 1.74 bits per heavy atom. The van der Waals surface area contributed by atoms with Crippen LogP contribution in [0.1, 0.15) is 11.1 Å². The maximum Gasteiger partial charge on any atom is 0.261 e. The summed E-state index contributed by atoms with van der Waals surface area (Å²) in [6, 6.07) is 12.0. The average Bonchev–Trinajstić information content (AvgIpc) is 2.37. The molecule has 0 aromatic heterocycles. The maximum atomic E-state index is 12.5. The molecule has 0 N–H and O–H groups in total. The van der Waals surface area contributed by atoms with Crippen molar-refractivity contribution in [2.45, 2.75) is 21.1 Å². The van der Waals surface area contributed by atoms with Crippen molar-refractivity contribution in [3.8, 4) is 0 Å². The minimum Gasteiger partial charge on any atom is -0.606 e. The zero-order chi connectivity index (χ0) is 13.6. The Hall–Kier alpha value is -1.01. The number of hydrogen-bond donors (Lipinski definition) is 0. The van der Waals surface area contributed by atoms with E-state index in [1.54, 1.807) is 18.2 Å². The van der Waals surface area contributed by atoms with E-state index in [1.807, 2.05) is 18.2 Å². The number of rotatable bonds is 1. The minimum atomic E-state index is -3.83. The topological polar surface area (TPSA) is 57.2 Å². The molecule has 6 heteroatoms. The first-order chi connectivity index (χ1) is 8.98. The summed E-state index contributed by atoms with van der Waals surface area (Å²) < 4.78 is 35.6. The largest absolute Gasteiger partial charge is 0.606 e. The second-order valence-corrected chi connectivity index (χ2v) is 8.18. The smallest absolute Gasteiger partial charge is 0.261 e. The Balaban J connectivity index is 2.26. The van der Waals surface area contributed by atoms with Gasteiger partial charge in [-0.25, -0.2) is 8.42 Å². The summed E-state index contributed by atoms with van der Waals surface area (Å²) in [7, 11) is 1.61. The van der Waals surface area contributed by atoms with Crippen LogP contribution in [0.3, 0.4) is 0 Å². The van der Waals surface area contributed by atoms with Gasteiger partial charge in [-0.3, -0.25) is 0 Å². The number of halogens is 1. The molecule has 0 aliphatic carbocycles. The van der Waals surface area contributed by atoms with E-state index in [1.165, 1.54) is 6.07 Å². The SMILES string of the molecule is O=S(=O)(Cl)c1cccc2c1Cc1ccccc1[S+]2[O-]. The Labute approximate surface area is 118 Å². The van der Waals surface area contributed by atoms with Crippen molar-refractivity contribution in [1.82, 2.24) is 0 Å². The standard InChI is InChI=1S/C13H9ClO3S2/c14-19(16,17)13-7-3-6-12-10(13)8-9-4-1-2-5-11(9)18(12)15/h1-7H,8H2. The van der Waals surface area contributed by atoms with Crippen molar-refractivity contribution in [3.05, 3.63) is 53.6 Å². The molecule has 3 nitrogen and oxygen atoms in total. The molecule has 0 spiro atoms. The normalized spacial score (nSPS) is 17.7. The molecule has 0 saturated carbocycles. The van der Waals surface area contributed by atoms with Crippen LogP contribution < -0.4 is 0 Å². The highest BCUT2D eigenvalue weighted by molar-refractivity contribution is 8.13.